The summed E-state index contributed by atoms with van der Waals surface area (Å²) in [5.41, 5.74) is 1.83. The number of ether oxygens (including phenoxy) is 1. The van der Waals surface area contributed by atoms with Gasteiger partial charge in [0, 0.05) is 6.54 Å². The van der Waals surface area contributed by atoms with E-state index in [0.717, 1.165) is 13.0 Å². The average Bonchev–Trinajstić information content (AvgIpc) is 2.25. The fourth-order valence-corrected chi connectivity index (χ4v) is 1.54. The normalized spacial score (nSPS) is 10.6. The van der Waals surface area contributed by atoms with Crippen LogP contribution >= 0.6 is 0 Å². The topological polar surface area (TPSA) is 29.5 Å². The van der Waals surface area contributed by atoms with Gasteiger partial charge in [0.05, 0.1) is 12.7 Å². The maximum absolute atomic E-state index is 11.4. The molecule has 1 aromatic rings. The van der Waals surface area contributed by atoms with E-state index in [1.807, 2.05) is 32.3 Å². The maximum Gasteiger partial charge on any atom is 0.163 e. The van der Waals surface area contributed by atoms with Crippen LogP contribution in [0.1, 0.15) is 22.8 Å². The molecule has 3 heteroatoms. The minimum Gasteiger partial charge on any atom is -0.496 e. The lowest BCUT2D eigenvalue weighted by Crippen LogP contribution is -2.15. The molecule has 1 aromatic carbocycles. The van der Waals surface area contributed by atoms with E-state index in [2.05, 4.69) is 4.90 Å². The molecule has 0 unspecified atom stereocenters. The molecule has 88 valence electrons. The molecule has 0 aliphatic carbocycles. The van der Waals surface area contributed by atoms with Crippen LogP contribution in [-0.4, -0.2) is 38.4 Å². The number of carbonyl (C=O) groups excluding carboxylic acids is 1. The summed E-state index contributed by atoms with van der Waals surface area (Å²) in [5.74, 6) is 0.699. The predicted molar refractivity (Wildman–Crippen MR) is 65.3 cm³/mol. The van der Waals surface area contributed by atoms with E-state index in [4.69, 9.17) is 4.74 Å². The zero-order valence-corrected chi connectivity index (χ0v) is 10.4. The van der Waals surface area contributed by atoms with Gasteiger partial charge in [0.2, 0.25) is 0 Å². The van der Waals surface area contributed by atoms with Gasteiger partial charge in [0.25, 0.3) is 0 Å². The lowest BCUT2D eigenvalue weighted by Gasteiger charge is -2.11. The Hall–Kier alpha value is -1.35. The van der Waals surface area contributed by atoms with Gasteiger partial charge in [-0.25, -0.2) is 0 Å². The summed E-state index contributed by atoms with van der Waals surface area (Å²) in [5, 5.41) is 0. The van der Waals surface area contributed by atoms with Gasteiger partial charge in [-0.3, -0.25) is 4.79 Å². The molecule has 3 nitrogen and oxygen atoms in total. The van der Waals surface area contributed by atoms with Crippen LogP contribution in [0.15, 0.2) is 18.2 Å². The molecule has 0 aliphatic rings. The Kier molecular flexibility index (Phi) is 4.50. The fourth-order valence-electron chi connectivity index (χ4n) is 1.54. The third-order valence-corrected chi connectivity index (χ3v) is 2.49. The largest absolute Gasteiger partial charge is 0.496 e. The second kappa shape index (κ2) is 5.66. The monoisotopic (exact) mass is 221 g/mol. The van der Waals surface area contributed by atoms with Crippen molar-refractivity contribution < 1.29 is 9.53 Å². The molecule has 0 saturated heterocycles. The molecular weight excluding hydrogens is 202 g/mol. The van der Waals surface area contributed by atoms with Crippen molar-refractivity contribution in [2.24, 2.45) is 0 Å². The van der Waals surface area contributed by atoms with Crippen LogP contribution in [0.3, 0.4) is 0 Å². The van der Waals surface area contributed by atoms with E-state index in [1.54, 1.807) is 14.0 Å². The van der Waals surface area contributed by atoms with Crippen molar-refractivity contribution in [1.29, 1.82) is 0 Å². The third kappa shape index (κ3) is 3.35. The summed E-state index contributed by atoms with van der Waals surface area (Å²) >= 11 is 0. The van der Waals surface area contributed by atoms with Gasteiger partial charge in [-0.05, 0) is 45.1 Å². The third-order valence-electron chi connectivity index (χ3n) is 2.49. The van der Waals surface area contributed by atoms with Crippen molar-refractivity contribution in [2.75, 3.05) is 27.7 Å². The van der Waals surface area contributed by atoms with Crippen LogP contribution in [0, 0.1) is 0 Å². The minimum atomic E-state index is 0.0450. The molecule has 0 aliphatic heterocycles. The molecule has 1 rings (SSSR count). The number of Topliss-reactive ketones (excluding diaryl/α,β-unsaturated/α-hetero) is 1. The zero-order chi connectivity index (χ0) is 12.1. The molecule has 0 radical (unpaired) electrons. The first-order valence-corrected chi connectivity index (χ1v) is 5.37. The van der Waals surface area contributed by atoms with Crippen molar-refractivity contribution in [3.63, 3.8) is 0 Å². The minimum absolute atomic E-state index is 0.0450. The summed E-state index contributed by atoms with van der Waals surface area (Å²) in [6.07, 6.45) is 0.942. The van der Waals surface area contributed by atoms with E-state index in [1.165, 1.54) is 5.56 Å². The predicted octanol–water partition coefficient (Wildman–Crippen LogP) is 2.00. The lowest BCUT2D eigenvalue weighted by atomic mass is 10.0. The number of nitrogens with zero attached hydrogens (tertiary/aromatic N) is 1. The summed E-state index contributed by atoms with van der Waals surface area (Å²) in [6.45, 7) is 2.54. The molecule has 0 bridgehead atoms. The van der Waals surface area contributed by atoms with Gasteiger partial charge in [-0.15, -0.1) is 0 Å². The van der Waals surface area contributed by atoms with Gasteiger partial charge in [-0.2, -0.15) is 0 Å². The number of ketones is 1. The molecule has 0 spiro atoms. The molecule has 16 heavy (non-hydrogen) atoms. The van der Waals surface area contributed by atoms with Crippen LogP contribution < -0.4 is 4.74 Å². The second-order valence-corrected chi connectivity index (χ2v) is 4.14. The second-order valence-electron chi connectivity index (χ2n) is 4.14. The highest BCUT2D eigenvalue weighted by Crippen LogP contribution is 2.20. The first-order valence-electron chi connectivity index (χ1n) is 5.37. The van der Waals surface area contributed by atoms with E-state index < -0.39 is 0 Å². The molecule has 0 heterocycles. The van der Waals surface area contributed by atoms with Gasteiger partial charge in [0.1, 0.15) is 5.75 Å². The van der Waals surface area contributed by atoms with Crippen molar-refractivity contribution >= 4 is 5.78 Å². The number of methoxy groups -OCH3 is 1. The van der Waals surface area contributed by atoms with E-state index in [-0.39, 0.29) is 5.78 Å². The highest BCUT2D eigenvalue weighted by atomic mass is 16.5. The Morgan fingerprint density at radius 1 is 1.38 bits per heavy atom. The molecular formula is C13H19NO2. The van der Waals surface area contributed by atoms with Crippen molar-refractivity contribution in [3.8, 4) is 5.75 Å². The number of likely N-dealkylation sites (N-methyl/N-ethyl adjacent to an activating group) is 1. The molecule has 0 N–H and O–H groups in total. The Morgan fingerprint density at radius 2 is 2.06 bits per heavy atom. The van der Waals surface area contributed by atoms with Gasteiger partial charge < -0.3 is 9.64 Å². The molecule has 0 saturated carbocycles. The number of benzene rings is 1. The molecule has 0 atom stereocenters. The lowest BCUT2D eigenvalue weighted by molar-refractivity contribution is 0.101. The molecule has 0 fully saturated rings. The highest BCUT2D eigenvalue weighted by Gasteiger charge is 2.08. The average molecular weight is 221 g/mol. The molecule has 0 aromatic heterocycles. The number of hydrogen-bond donors (Lipinski definition) is 0. The first kappa shape index (κ1) is 12.7. The Balaban J connectivity index is 2.89. The summed E-state index contributed by atoms with van der Waals surface area (Å²) in [7, 11) is 5.66. The van der Waals surface area contributed by atoms with Crippen LogP contribution in [0.25, 0.3) is 0 Å². The van der Waals surface area contributed by atoms with Crippen LogP contribution in [0.4, 0.5) is 0 Å². The summed E-state index contributed by atoms with van der Waals surface area (Å²) in [4.78, 5) is 13.5. The summed E-state index contributed by atoms with van der Waals surface area (Å²) < 4.78 is 5.16. The van der Waals surface area contributed by atoms with E-state index in [0.29, 0.717) is 11.3 Å². The van der Waals surface area contributed by atoms with Crippen molar-refractivity contribution in [1.82, 2.24) is 4.90 Å². The van der Waals surface area contributed by atoms with E-state index in [9.17, 15) is 4.79 Å². The summed E-state index contributed by atoms with van der Waals surface area (Å²) in [6, 6.07) is 5.79. The fraction of sp³-hybridized carbons (Fsp3) is 0.462. The standard InChI is InChI=1S/C13H19NO2/c1-10(15)12-9-11(7-8-14(2)3)5-6-13(12)16-4/h5-6,9H,7-8H2,1-4H3. The zero-order valence-electron chi connectivity index (χ0n) is 10.4. The van der Waals surface area contributed by atoms with Crippen LogP contribution in [0.2, 0.25) is 0 Å². The van der Waals surface area contributed by atoms with Crippen molar-refractivity contribution in [3.05, 3.63) is 29.3 Å². The van der Waals surface area contributed by atoms with Gasteiger partial charge in [0.15, 0.2) is 5.78 Å². The quantitative estimate of drug-likeness (QED) is 0.712. The van der Waals surface area contributed by atoms with Crippen LogP contribution in [0.5, 0.6) is 5.75 Å². The van der Waals surface area contributed by atoms with Gasteiger partial charge >= 0.3 is 0 Å². The smallest absolute Gasteiger partial charge is 0.163 e. The maximum atomic E-state index is 11.4. The number of carbonyl (C=O) groups is 1. The molecule has 0 amide bonds. The number of hydrogen-bond acceptors (Lipinski definition) is 3. The first-order chi connectivity index (χ1) is 7.54. The van der Waals surface area contributed by atoms with Crippen LogP contribution in [-0.2, 0) is 6.42 Å². The Bertz CT molecular complexity index is 372. The highest BCUT2D eigenvalue weighted by molar-refractivity contribution is 5.97. The Labute approximate surface area is 97.0 Å². The van der Waals surface area contributed by atoms with Gasteiger partial charge in [-0.1, -0.05) is 6.07 Å². The SMILES string of the molecule is COc1ccc(CCN(C)C)cc1C(C)=O. The van der Waals surface area contributed by atoms with Crippen molar-refractivity contribution in [2.45, 2.75) is 13.3 Å². The Morgan fingerprint density at radius 3 is 2.56 bits per heavy atom. The number of rotatable bonds is 5. The van der Waals surface area contributed by atoms with E-state index >= 15 is 0 Å².